The van der Waals surface area contributed by atoms with Crippen LogP contribution in [-0.4, -0.2) is 24.2 Å². The highest BCUT2D eigenvalue weighted by Crippen LogP contribution is 2.19. The topological polar surface area (TPSA) is 64.4 Å². The van der Waals surface area contributed by atoms with E-state index in [0.29, 0.717) is 5.56 Å². The van der Waals surface area contributed by atoms with E-state index in [9.17, 15) is 18.0 Å². The van der Waals surface area contributed by atoms with Crippen molar-refractivity contribution in [3.05, 3.63) is 29.8 Å². The molecule has 1 amide bonds. The number of carbonyl (C=O) groups is 1. The smallest absolute Gasteiger partial charge is 0.422 e. The van der Waals surface area contributed by atoms with E-state index in [-0.39, 0.29) is 18.2 Å². The van der Waals surface area contributed by atoms with Crippen molar-refractivity contribution in [3.8, 4) is 5.75 Å². The number of nitrogens with two attached hydrogens (primary N) is 1. The predicted octanol–water partition coefficient (Wildman–Crippen LogP) is 1.98. The Morgan fingerprint density at radius 2 is 2.00 bits per heavy atom. The van der Waals surface area contributed by atoms with Gasteiger partial charge in [0.1, 0.15) is 5.75 Å². The van der Waals surface area contributed by atoms with Crippen LogP contribution in [0.3, 0.4) is 0 Å². The molecule has 0 radical (unpaired) electrons. The molecule has 0 heterocycles. The lowest BCUT2D eigenvalue weighted by Crippen LogP contribution is -2.48. The van der Waals surface area contributed by atoms with Crippen molar-refractivity contribution < 1.29 is 22.7 Å². The summed E-state index contributed by atoms with van der Waals surface area (Å²) in [6, 6.07) is 6.09. The summed E-state index contributed by atoms with van der Waals surface area (Å²) in [6.07, 6.45) is -4.38. The monoisotopic (exact) mass is 290 g/mol. The third-order valence-electron chi connectivity index (χ3n) is 2.34. The van der Waals surface area contributed by atoms with Gasteiger partial charge in [0.05, 0.1) is 5.54 Å². The number of ether oxygens (including phenoxy) is 1. The van der Waals surface area contributed by atoms with Crippen LogP contribution in [0.15, 0.2) is 24.3 Å². The van der Waals surface area contributed by atoms with Gasteiger partial charge in [-0.05, 0) is 31.5 Å². The molecule has 0 aliphatic rings. The Kier molecular flexibility index (Phi) is 4.99. The summed E-state index contributed by atoms with van der Waals surface area (Å²) >= 11 is 0. The van der Waals surface area contributed by atoms with E-state index in [1.807, 2.05) is 0 Å². The lowest BCUT2D eigenvalue weighted by molar-refractivity contribution is -0.153. The van der Waals surface area contributed by atoms with Crippen molar-refractivity contribution in [2.75, 3.05) is 6.61 Å². The van der Waals surface area contributed by atoms with Gasteiger partial charge in [0.25, 0.3) is 0 Å². The third-order valence-corrected chi connectivity index (χ3v) is 2.34. The first-order chi connectivity index (χ1) is 9.08. The van der Waals surface area contributed by atoms with Crippen molar-refractivity contribution in [1.29, 1.82) is 0 Å². The number of nitrogens with one attached hydrogen (secondary N) is 1. The Morgan fingerprint density at radius 3 is 2.55 bits per heavy atom. The molecule has 3 N–H and O–H groups in total. The van der Waals surface area contributed by atoms with Gasteiger partial charge in [0.15, 0.2) is 6.61 Å². The van der Waals surface area contributed by atoms with E-state index in [4.69, 9.17) is 5.73 Å². The number of hydrogen-bond acceptors (Lipinski definition) is 3. The van der Waals surface area contributed by atoms with Crippen LogP contribution in [-0.2, 0) is 11.3 Å². The average Bonchev–Trinajstić information content (AvgIpc) is 2.32. The molecule has 0 fully saturated rings. The SMILES string of the molecule is CC(C)(N)C(=O)NCc1cccc(OCC(F)(F)F)c1. The summed E-state index contributed by atoms with van der Waals surface area (Å²) in [6.45, 7) is 1.94. The molecule has 20 heavy (non-hydrogen) atoms. The second-order valence-electron chi connectivity index (χ2n) is 4.96. The number of alkyl halides is 3. The zero-order valence-electron chi connectivity index (χ0n) is 11.3. The maximum atomic E-state index is 12.0. The first-order valence-electron chi connectivity index (χ1n) is 5.93. The molecular formula is C13H17F3N2O2. The second-order valence-corrected chi connectivity index (χ2v) is 4.96. The standard InChI is InChI=1S/C13H17F3N2O2/c1-12(2,17)11(19)18-7-9-4-3-5-10(6-9)20-8-13(14,15)16/h3-6H,7-8,17H2,1-2H3,(H,18,19). The first kappa shape index (κ1) is 16.3. The third kappa shape index (κ3) is 5.92. The van der Waals surface area contributed by atoms with Crippen molar-refractivity contribution in [2.45, 2.75) is 32.1 Å². The average molecular weight is 290 g/mol. The van der Waals surface area contributed by atoms with Gasteiger partial charge in [-0.15, -0.1) is 0 Å². The van der Waals surface area contributed by atoms with Crippen LogP contribution in [0, 0.1) is 0 Å². The molecule has 1 aromatic carbocycles. The van der Waals surface area contributed by atoms with E-state index in [1.54, 1.807) is 26.0 Å². The molecule has 0 aromatic heterocycles. The maximum absolute atomic E-state index is 12.0. The van der Waals surface area contributed by atoms with Crippen LogP contribution in [0.1, 0.15) is 19.4 Å². The summed E-state index contributed by atoms with van der Waals surface area (Å²) in [5.41, 5.74) is 5.22. The van der Waals surface area contributed by atoms with Crippen molar-refractivity contribution in [2.24, 2.45) is 5.73 Å². The van der Waals surface area contributed by atoms with Crippen molar-refractivity contribution in [1.82, 2.24) is 5.32 Å². The molecule has 0 saturated carbocycles. The van der Waals surface area contributed by atoms with Gasteiger partial charge in [0, 0.05) is 6.54 Å². The quantitative estimate of drug-likeness (QED) is 0.871. The Bertz CT molecular complexity index is 467. The minimum Gasteiger partial charge on any atom is -0.484 e. The highest BCUT2D eigenvalue weighted by molar-refractivity contribution is 5.84. The van der Waals surface area contributed by atoms with E-state index >= 15 is 0 Å². The number of rotatable bonds is 5. The molecule has 7 heteroatoms. The van der Waals surface area contributed by atoms with Crippen molar-refractivity contribution in [3.63, 3.8) is 0 Å². The Balaban J connectivity index is 2.58. The molecule has 112 valence electrons. The summed E-state index contributed by atoms with van der Waals surface area (Å²) in [7, 11) is 0. The van der Waals surface area contributed by atoms with Gasteiger partial charge < -0.3 is 15.8 Å². The normalized spacial score (nSPS) is 12.1. The molecule has 0 spiro atoms. The largest absolute Gasteiger partial charge is 0.484 e. The molecule has 0 atom stereocenters. The number of amides is 1. The van der Waals surface area contributed by atoms with E-state index in [2.05, 4.69) is 10.1 Å². The molecule has 0 bridgehead atoms. The van der Waals surface area contributed by atoms with Crippen LogP contribution in [0.4, 0.5) is 13.2 Å². The zero-order chi connectivity index (χ0) is 15.4. The van der Waals surface area contributed by atoms with E-state index in [0.717, 1.165) is 0 Å². The number of benzene rings is 1. The number of carbonyl (C=O) groups excluding carboxylic acids is 1. The van der Waals surface area contributed by atoms with E-state index < -0.39 is 18.3 Å². The molecule has 1 aromatic rings. The summed E-state index contributed by atoms with van der Waals surface area (Å²) in [5.74, 6) is -0.250. The highest BCUT2D eigenvalue weighted by Gasteiger charge is 2.28. The first-order valence-corrected chi connectivity index (χ1v) is 5.93. The summed E-state index contributed by atoms with van der Waals surface area (Å²) < 4.78 is 40.7. The van der Waals surface area contributed by atoms with Gasteiger partial charge in [-0.25, -0.2) is 0 Å². The van der Waals surface area contributed by atoms with Crippen molar-refractivity contribution >= 4 is 5.91 Å². The summed E-state index contributed by atoms with van der Waals surface area (Å²) in [5, 5.41) is 2.60. The van der Waals surface area contributed by atoms with Gasteiger partial charge in [-0.2, -0.15) is 13.2 Å². The molecule has 0 saturated heterocycles. The molecular weight excluding hydrogens is 273 g/mol. The zero-order valence-corrected chi connectivity index (χ0v) is 11.3. The van der Waals surface area contributed by atoms with Gasteiger partial charge >= 0.3 is 6.18 Å². The van der Waals surface area contributed by atoms with E-state index in [1.165, 1.54) is 12.1 Å². The van der Waals surface area contributed by atoms with Crippen LogP contribution in [0.25, 0.3) is 0 Å². The minimum absolute atomic E-state index is 0.0982. The fraction of sp³-hybridized carbons (Fsp3) is 0.462. The lowest BCUT2D eigenvalue weighted by atomic mass is 10.1. The second kappa shape index (κ2) is 6.13. The Labute approximate surface area is 115 Å². The molecule has 4 nitrogen and oxygen atoms in total. The number of hydrogen-bond donors (Lipinski definition) is 2. The fourth-order valence-electron chi connectivity index (χ4n) is 1.32. The Morgan fingerprint density at radius 1 is 1.35 bits per heavy atom. The fourth-order valence-corrected chi connectivity index (χ4v) is 1.32. The van der Waals surface area contributed by atoms with Crippen LogP contribution in [0.2, 0.25) is 0 Å². The minimum atomic E-state index is -4.38. The van der Waals surface area contributed by atoms with Crippen LogP contribution < -0.4 is 15.8 Å². The maximum Gasteiger partial charge on any atom is 0.422 e. The molecule has 0 unspecified atom stereocenters. The van der Waals surface area contributed by atoms with Gasteiger partial charge in [-0.3, -0.25) is 4.79 Å². The highest BCUT2D eigenvalue weighted by atomic mass is 19.4. The van der Waals surface area contributed by atoms with Gasteiger partial charge in [-0.1, -0.05) is 12.1 Å². The summed E-state index contributed by atoms with van der Waals surface area (Å²) in [4.78, 5) is 11.6. The molecule has 0 aliphatic carbocycles. The molecule has 1 rings (SSSR count). The van der Waals surface area contributed by atoms with Crippen LogP contribution in [0.5, 0.6) is 5.75 Å². The van der Waals surface area contributed by atoms with Gasteiger partial charge in [0.2, 0.25) is 5.91 Å². The lowest BCUT2D eigenvalue weighted by Gasteiger charge is -2.18. The number of halogens is 3. The molecule has 0 aliphatic heterocycles. The van der Waals surface area contributed by atoms with Crippen LogP contribution >= 0.6 is 0 Å². The Hall–Kier alpha value is -1.76. The predicted molar refractivity (Wildman–Crippen MR) is 68.1 cm³/mol.